The largest absolute Gasteiger partial charge is 0.487 e. The quantitative estimate of drug-likeness (QED) is 0.447. The van der Waals surface area contributed by atoms with Crippen molar-refractivity contribution in [2.75, 3.05) is 6.61 Å². The van der Waals surface area contributed by atoms with Gasteiger partial charge in [-0.25, -0.2) is 4.98 Å². The number of aliphatic hydroxyl groups is 1. The Hall–Kier alpha value is -3.06. The number of nitrogens with zero attached hydrogens (tertiary/aromatic N) is 1. The third-order valence-electron chi connectivity index (χ3n) is 4.79. The Kier molecular flexibility index (Phi) is 7.17. The molecule has 3 rings (SSSR count). The molecular weight excluding hydrogens is 407 g/mol. The van der Waals surface area contributed by atoms with Gasteiger partial charge in [0, 0.05) is 5.56 Å². The molecule has 0 aliphatic rings. The van der Waals surface area contributed by atoms with Crippen molar-refractivity contribution in [3.8, 4) is 17.2 Å². The Bertz CT molecular complexity index is 1040. The molecular formula is C24H24F3NO3. The molecule has 4 nitrogen and oxygen atoms in total. The number of allylic oxidation sites excluding steroid dienone is 1. The first-order valence-electron chi connectivity index (χ1n) is 9.99. The van der Waals surface area contributed by atoms with E-state index in [1.165, 1.54) is 12.1 Å². The van der Waals surface area contributed by atoms with Crippen LogP contribution in [-0.4, -0.2) is 16.7 Å². The minimum atomic E-state index is -4.39. The smallest absolute Gasteiger partial charge is 0.416 e. The third kappa shape index (κ3) is 5.76. The molecule has 1 N–H and O–H groups in total. The van der Waals surface area contributed by atoms with E-state index in [2.05, 4.69) is 11.9 Å². The van der Waals surface area contributed by atoms with Gasteiger partial charge in [-0.2, -0.15) is 13.2 Å². The Morgan fingerprint density at radius 2 is 1.90 bits per heavy atom. The second kappa shape index (κ2) is 9.83. The van der Waals surface area contributed by atoms with Gasteiger partial charge >= 0.3 is 6.18 Å². The molecule has 0 bridgehead atoms. The number of oxazole rings is 1. The SMILES string of the molecule is CCC/C(=C/CO)c1cccc(OCc2nc(-c3ccc(C(F)(F)F)cc3)oc2C)c1. The number of alkyl halides is 3. The predicted molar refractivity (Wildman–Crippen MR) is 112 cm³/mol. The number of aromatic nitrogens is 1. The number of ether oxygens (including phenoxy) is 1. The first-order chi connectivity index (χ1) is 14.8. The van der Waals surface area contributed by atoms with Crippen LogP contribution in [0.25, 0.3) is 17.0 Å². The van der Waals surface area contributed by atoms with Crippen LogP contribution in [0.5, 0.6) is 5.75 Å². The van der Waals surface area contributed by atoms with Crippen LogP contribution in [0.3, 0.4) is 0 Å². The molecule has 0 fully saturated rings. The van der Waals surface area contributed by atoms with Gasteiger partial charge in [0.15, 0.2) is 0 Å². The Morgan fingerprint density at radius 3 is 2.55 bits per heavy atom. The molecule has 7 heteroatoms. The normalized spacial score (nSPS) is 12.3. The molecule has 0 saturated heterocycles. The van der Waals surface area contributed by atoms with Crippen molar-refractivity contribution in [1.29, 1.82) is 0 Å². The number of benzene rings is 2. The topological polar surface area (TPSA) is 55.5 Å². The maximum atomic E-state index is 12.7. The number of hydrogen-bond acceptors (Lipinski definition) is 4. The second-order valence-corrected chi connectivity index (χ2v) is 7.08. The fourth-order valence-electron chi connectivity index (χ4n) is 3.17. The lowest BCUT2D eigenvalue weighted by Gasteiger charge is -2.10. The van der Waals surface area contributed by atoms with E-state index in [1.807, 2.05) is 24.3 Å². The molecule has 0 saturated carbocycles. The molecule has 1 heterocycles. The van der Waals surface area contributed by atoms with Gasteiger partial charge in [-0.15, -0.1) is 0 Å². The van der Waals surface area contributed by atoms with Gasteiger partial charge in [-0.1, -0.05) is 31.6 Å². The molecule has 0 atom stereocenters. The summed E-state index contributed by atoms with van der Waals surface area (Å²) in [7, 11) is 0. The van der Waals surface area contributed by atoms with E-state index in [0.29, 0.717) is 22.8 Å². The highest BCUT2D eigenvalue weighted by atomic mass is 19.4. The summed E-state index contributed by atoms with van der Waals surface area (Å²) in [6.45, 7) is 3.95. The molecule has 0 aliphatic carbocycles. The van der Waals surface area contributed by atoms with Gasteiger partial charge in [0.05, 0.1) is 12.2 Å². The van der Waals surface area contributed by atoms with Crippen LogP contribution in [0.1, 0.15) is 42.3 Å². The van der Waals surface area contributed by atoms with E-state index >= 15 is 0 Å². The number of halogens is 3. The van der Waals surface area contributed by atoms with Crippen molar-refractivity contribution < 1.29 is 27.4 Å². The van der Waals surface area contributed by atoms with Crippen LogP contribution >= 0.6 is 0 Å². The predicted octanol–water partition coefficient (Wildman–Crippen LogP) is 6.42. The molecule has 0 amide bonds. The molecule has 164 valence electrons. The lowest BCUT2D eigenvalue weighted by atomic mass is 10.0. The zero-order valence-electron chi connectivity index (χ0n) is 17.4. The van der Waals surface area contributed by atoms with Crippen LogP contribution in [0.4, 0.5) is 13.2 Å². The lowest BCUT2D eigenvalue weighted by molar-refractivity contribution is -0.137. The zero-order valence-corrected chi connectivity index (χ0v) is 17.4. The fraction of sp³-hybridized carbons (Fsp3) is 0.292. The van der Waals surface area contributed by atoms with Gasteiger partial charge < -0.3 is 14.3 Å². The Labute approximate surface area is 179 Å². The van der Waals surface area contributed by atoms with Crippen molar-refractivity contribution >= 4 is 5.57 Å². The van der Waals surface area contributed by atoms with Crippen molar-refractivity contribution in [3.63, 3.8) is 0 Å². The van der Waals surface area contributed by atoms with Gasteiger partial charge in [0.2, 0.25) is 5.89 Å². The van der Waals surface area contributed by atoms with E-state index in [1.54, 1.807) is 13.0 Å². The minimum absolute atomic E-state index is 0.0225. The van der Waals surface area contributed by atoms with E-state index in [9.17, 15) is 18.3 Å². The van der Waals surface area contributed by atoms with Crippen molar-refractivity contribution in [2.24, 2.45) is 0 Å². The summed E-state index contributed by atoms with van der Waals surface area (Å²) in [6.07, 6.45) is -0.784. The molecule has 1 aromatic heterocycles. The number of hydrogen-bond donors (Lipinski definition) is 1. The summed E-state index contributed by atoms with van der Waals surface area (Å²) < 4.78 is 49.7. The third-order valence-corrected chi connectivity index (χ3v) is 4.79. The van der Waals surface area contributed by atoms with Crippen LogP contribution in [0, 0.1) is 6.92 Å². The van der Waals surface area contributed by atoms with Gasteiger partial charge in [0.25, 0.3) is 0 Å². The molecule has 2 aromatic carbocycles. The highest BCUT2D eigenvalue weighted by Gasteiger charge is 2.30. The van der Waals surface area contributed by atoms with E-state index in [-0.39, 0.29) is 19.1 Å². The lowest BCUT2D eigenvalue weighted by Crippen LogP contribution is -2.04. The average molecular weight is 431 g/mol. The maximum Gasteiger partial charge on any atom is 0.416 e. The average Bonchev–Trinajstić information content (AvgIpc) is 3.12. The number of aliphatic hydroxyl groups excluding tert-OH is 1. The minimum Gasteiger partial charge on any atom is -0.487 e. The van der Waals surface area contributed by atoms with Crippen molar-refractivity contribution in [1.82, 2.24) is 4.98 Å². The molecule has 31 heavy (non-hydrogen) atoms. The first-order valence-corrected chi connectivity index (χ1v) is 9.99. The van der Waals surface area contributed by atoms with Crippen LogP contribution in [0.2, 0.25) is 0 Å². The monoisotopic (exact) mass is 431 g/mol. The van der Waals surface area contributed by atoms with Gasteiger partial charge in [-0.05, 0) is 60.9 Å². The summed E-state index contributed by atoms with van der Waals surface area (Å²) in [5.41, 5.74) is 2.34. The summed E-state index contributed by atoms with van der Waals surface area (Å²) in [5, 5.41) is 9.25. The summed E-state index contributed by atoms with van der Waals surface area (Å²) in [6, 6.07) is 12.3. The van der Waals surface area contributed by atoms with Gasteiger partial charge in [0.1, 0.15) is 23.8 Å². The maximum absolute atomic E-state index is 12.7. The Morgan fingerprint density at radius 1 is 1.16 bits per heavy atom. The number of aryl methyl sites for hydroxylation is 1. The molecule has 0 radical (unpaired) electrons. The summed E-state index contributed by atoms with van der Waals surface area (Å²) in [5.74, 6) is 1.43. The van der Waals surface area contributed by atoms with Crippen molar-refractivity contribution in [2.45, 2.75) is 39.5 Å². The highest BCUT2D eigenvalue weighted by Crippen LogP contribution is 2.31. The zero-order chi connectivity index (χ0) is 22.4. The number of rotatable bonds is 8. The van der Waals surface area contributed by atoms with E-state index < -0.39 is 11.7 Å². The first kappa shape index (κ1) is 22.6. The molecule has 3 aromatic rings. The standard InChI is InChI=1S/C24H24F3NO3/c1-3-5-17(12-13-29)19-6-4-7-21(14-19)30-15-22-16(2)31-23(28-22)18-8-10-20(11-9-18)24(25,26)27/h4,6-12,14,29H,3,5,13,15H2,1-2H3/b17-12-. The van der Waals surface area contributed by atoms with Crippen LogP contribution < -0.4 is 4.74 Å². The molecule has 0 spiro atoms. The molecule has 0 aliphatic heterocycles. The van der Waals surface area contributed by atoms with Crippen LogP contribution in [0.15, 0.2) is 59.0 Å². The van der Waals surface area contributed by atoms with E-state index in [4.69, 9.17) is 9.15 Å². The summed E-state index contributed by atoms with van der Waals surface area (Å²) >= 11 is 0. The van der Waals surface area contributed by atoms with E-state index in [0.717, 1.165) is 36.1 Å². The fourth-order valence-corrected chi connectivity index (χ4v) is 3.17. The van der Waals surface area contributed by atoms with Crippen molar-refractivity contribution in [3.05, 3.63) is 77.2 Å². The summed E-state index contributed by atoms with van der Waals surface area (Å²) in [4.78, 5) is 4.39. The Balaban J connectivity index is 1.73. The second-order valence-electron chi connectivity index (χ2n) is 7.08. The molecule has 0 unspecified atom stereocenters. The van der Waals surface area contributed by atoms with Crippen LogP contribution in [-0.2, 0) is 12.8 Å². The highest BCUT2D eigenvalue weighted by molar-refractivity contribution is 5.66. The van der Waals surface area contributed by atoms with Gasteiger partial charge in [-0.3, -0.25) is 0 Å².